The predicted molar refractivity (Wildman–Crippen MR) is 51.2 cm³/mol. The van der Waals surface area contributed by atoms with E-state index in [9.17, 15) is 12.8 Å². The zero-order valence-corrected chi connectivity index (χ0v) is 8.43. The van der Waals surface area contributed by atoms with E-state index in [0.717, 1.165) is 12.8 Å². The zero-order chi connectivity index (χ0) is 10.2. The largest absolute Gasteiger partial charge is 0.224 e. The summed E-state index contributed by atoms with van der Waals surface area (Å²) >= 11 is 0. The molecule has 2 nitrogen and oxygen atoms in total. The summed E-state index contributed by atoms with van der Waals surface area (Å²) < 4.78 is 36.5. The topological polar surface area (TPSA) is 34.1 Å². The molecule has 1 aromatic carbocycles. The molecule has 14 heavy (non-hydrogen) atoms. The van der Waals surface area contributed by atoms with Crippen molar-refractivity contribution >= 4 is 9.84 Å². The minimum absolute atomic E-state index is 0.0912. The number of rotatable bonds is 3. The molecule has 76 valence electrons. The number of sulfone groups is 1. The highest BCUT2D eigenvalue weighted by atomic mass is 32.2. The molecule has 2 rings (SSSR count). The Morgan fingerprint density at radius 1 is 1.29 bits per heavy atom. The number of benzene rings is 1. The molecular formula is C10H11FO2S. The SMILES string of the molecule is O=S(=O)(CC1CC1)c1ccccc1F. The Balaban J connectivity index is 2.33. The maximum Gasteiger partial charge on any atom is 0.181 e. The Labute approximate surface area is 82.7 Å². The third-order valence-corrected chi connectivity index (χ3v) is 4.24. The molecule has 0 unspecified atom stereocenters. The maximum absolute atomic E-state index is 13.2. The van der Waals surface area contributed by atoms with Gasteiger partial charge in [0.2, 0.25) is 0 Å². The molecule has 1 aromatic rings. The van der Waals surface area contributed by atoms with Crippen LogP contribution in [-0.4, -0.2) is 14.2 Å². The molecule has 0 atom stereocenters. The number of hydrogen-bond acceptors (Lipinski definition) is 2. The van der Waals surface area contributed by atoms with Crippen LogP contribution in [-0.2, 0) is 9.84 Å². The van der Waals surface area contributed by atoms with Crippen LogP contribution in [0.15, 0.2) is 29.2 Å². The van der Waals surface area contributed by atoms with Crippen LogP contribution in [0.25, 0.3) is 0 Å². The Kier molecular flexibility index (Phi) is 2.31. The van der Waals surface area contributed by atoms with Crippen molar-refractivity contribution in [1.82, 2.24) is 0 Å². The molecule has 0 radical (unpaired) electrons. The summed E-state index contributed by atoms with van der Waals surface area (Å²) in [6.07, 6.45) is 1.90. The van der Waals surface area contributed by atoms with Crippen molar-refractivity contribution in [3.63, 3.8) is 0 Å². The van der Waals surface area contributed by atoms with Gasteiger partial charge in [-0.25, -0.2) is 12.8 Å². The first-order chi connectivity index (χ1) is 6.59. The minimum Gasteiger partial charge on any atom is -0.224 e. The number of hydrogen-bond donors (Lipinski definition) is 0. The van der Waals surface area contributed by atoms with Gasteiger partial charge in [0, 0.05) is 0 Å². The lowest BCUT2D eigenvalue weighted by atomic mass is 10.3. The van der Waals surface area contributed by atoms with Gasteiger partial charge in [0.05, 0.1) is 5.75 Å². The van der Waals surface area contributed by atoms with Crippen LogP contribution >= 0.6 is 0 Å². The van der Waals surface area contributed by atoms with Gasteiger partial charge in [0.25, 0.3) is 0 Å². The average Bonchev–Trinajstić information content (AvgIpc) is 2.88. The van der Waals surface area contributed by atoms with E-state index in [-0.39, 0.29) is 16.6 Å². The molecule has 0 aromatic heterocycles. The van der Waals surface area contributed by atoms with Crippen molar-refractivity contribution in [2.24, 2.45) is 5.92 Å². The summed E-state index contributed by atoms with van der Waals surface area (Å²) in [4.78, 5) is -0.160. The van der Waals surface area contributed by atoms with Gasteiger partial charge < -0.3 is 0 Å². The summed E-state index contributed by atoms with van der Waals surface area (Å²) in [6, 6.07) is 5.54. The van der Waals surface area contributed by atoms with Crippen LogP contribution < -0.4 is 0 Å². The molecule has 1 fully saturated rings. The molecule has 0 amide bonds. The van der Waals surface area contributed by atoms with E-state index in [0.29, 0.717) is 0 Å². The quantitative estimate of drug-likeness (QED) is 0.771. The van der Waals surface area contributed by atoms with Gasteiger partial charge in [0.1, 0.15) is 10.7 Å². The fraction of sp³-hybridized carbons (Fsp3) is 0.400. The van der Waals surface area contributed by atoms with Crippen LogP contribution in [0.4, 0.5) is 4.39 Å². The van der Waals surface area contributed by atoms with Gasteiger partial charge in [0.15, 0.2) is 9.84 Å². The van der Waals surface area contributed by atoms with Gasteiger partial charge >= 0.3 is 0 Å². The first-order valence-electron chi connectivity index (χ1n) is 4.57. The second-order valence-corrected chi connectivity index (χ2v) is 5.66. The summed E-state index contributed by atoms with van der Waals surface area (Å²) in [5, 5.41) is 0. The van der Waals surface area contributed by atoms with E-state index in [4.69, 9.17) is 0 Å². The van der Waals surface area contributed by atoms with E-state index in [1.807, 2.05) is 0 Å². The van der Waals surface area contributed by atoms with Crippen molar-refractivity contribution in [3.8, 4) is 0 Å². The molecule has 0 aliphatic heterocycles. The Morgan fingerprint density at radius 3 is 2.50 bits per heavy atom. The van der Waals surface area contributed by atoms with Crippen molar-refractivity contribution in [1.29, 1.82) is 0 Å². The standard InChI is InChI=1S/C10H11FO2S/c11-9-3-1-2-4-10(9)14(12,13)7-8-5-6-8/h1-4,8H,5-7H2. The molecule has 0 bridgehead atoms. The number of halogens is 1. The first-order valence-corrected chi connectivity index (χ1v) is 6.22. The van der Waals surface area contributed by atoms with E-state index < -0.39 is 15.7 Å². The Hall–Kier alpha value is -0.900. The van der Waals surface area contributed by atoms with Gasteiger partial charge in [-0.1, -0.05) is 12.1 Å². The minimum atomic E-state index is -3.40. The maximum atomic E-state index is 13.2. The molecule has 0 heterocycles. The highest BCUT2D eigenvalue weighted by Crippen LogP contribution is 2.32. The summed E-state index contributed by atoms with van der Waals surface area (Å²) in [7, 11) is -3.40. The van der Waals surface area contributed by atoms with Crippen molar-refractivity contribution in [2.75, 3.05) is 5.75 Å². The second-order valence-electron chi connectivity index (χ2n) is 3.66. The molecule has 4 heteroatoms. The lowest BCUT2D eigenvalue weighted by Crippen LogP contribution is -2.10. The van der Waals surface area contributed by atoms with E-state index in [1.54, 1.807) is 6.07 Å². The van der Waals surface area contributed by atoms with Gasteiger partial charge in [-0.2, -0.15) is 0 Å². The Bertz CT molecular complexity index is 435. The fourth-order valence-corrected chi connectivity index (χ4v) is 3.17. The molecule has 0 saturated heterocycles. The van der Waals surface area contributed by atoms with Crippen molar-refractivity contribution in [2.45, 2.75) is 17.7 Å². The molecule has 1 saturated carbocycles. The zero-order valence-electron chi connectivity index (χ0n) is 7.61. The van der Waals surface area contributed by atoms with Crippen molar-refractivity contribution in [3.05, 3.63) is 30.1 Å². The van der Waals surface area contributed by atoms with E-state index in [1.165, 1.54) is 18.2 Å². The van der Waals surface area contributed by atoms with E-state index >= 15 is 0 Å². The monoisotopic (exact) mass is 214 g/mol. The summed E-state index contributed by atoms with van der Waals surface area (Å²) in [5.74, 6) is -0.304. The first kappa shape index (κ1) is 9.65. The van der Waals surface area contributed by atoms with Gasteiger partial charge in [-0.15, -0.1) is 0 Å². The molecule has 1 aliphatic rings. The molecular weight excluding hydrogens is 203 g/mol. The smallest absolute Gasteiger partial charge is 0.181 e. The van der Waals surface area contributed by atoms with Crippen molar-refractivity contribution < 1.29 is 12.8 Å². The van der Waals surface area contributed by atoms with Crippen LogP contribution in [0, 0.1) is 11.7 Å². The van der Waals surface area contributed by atoms with Gasteiger partial charge in [-0.05, 0) is 30.9 Å². The predicted octanol–water partition coefficient (Wildman–Crippen LogP) is 2.01. The Morgan fingerprint density at radius 2 is 1.93 bits per heavy atom. The third-order valence-electron chi connectivity index (χ3n) is 2.32. The average molecular weight is 214 g/mol. The molecule has 1 aliphatic carbocycles. The second kappa shape index (κ2) is 3.35. The van der Waals surface area contributed by atoms with Crippen LogP contribution in [0.3, 0.4) is 0 Å². The molecule has 0 N–H and O–H groups in total. The highest BCUT2D eigenvalue weighted by Gasteiger charge is 2.30. The fourth-order valence-electron chi connectivity index (χ4n) is 1.38. The van der Waals surface area contributed by atoms with Crippen LogP contribution in [0.1, 0.15) is 12.8 Å². The normalized spacial score (nSPS) is 16.9. The van der Waals surface area contributed by atoms with Gasteiger partial charge in [-0.3, -0.25) is 0 Å². The highest BCUT2D eigenvalue weighted by molar-refractivity contribution is 7.91. The summed E-state index contributed by atoms with van der Waals surface area (Å²) in [5.41, 5.74) is 0. The van der Waals surface area contributed by atoms with Crippen LogP contribution in [0.5, 0.6) is 0 Å². The third kappa shape index (κ3) is 1.95. The molecule has 0 spiro atoms. The summed E-state index contributed by atoms with van der Waals surface area (Å²) in [6.45, 7) is 0. The lowest BCUT2D eigenvalue weighted by molar-refractivity contribution is 0.564. The lowest BCUT2D eigenvalue weighted by Gasteiger charge is -2.03. The van der Waals surface area contributed by atoms with Crippen LogP contribution in [0.2, 0.25) is 0 Å². The van der Waals surface area contributed by atoms with E-state index in [2.05, 4.69) is 0 Å².